The smallest absolute Gasteiger partial charge is 0.412 e. The zero-order valence-electron chi connectivity index (χ0n) is 15.9. The van der Waals surface area contributed by atoms with Crippen molar-refractivity contribution in [1.82, 2.24) is 14.8 Å². The van der Waals surface area contributed by atoms with E-state index in [9.17, 15) is 10.1 Å². The molecule has 1 fully saturated rings. The van der Waals surface area contributed by atoms with Gasteiger partial charge in [0.05, 0.1) is 24.8 Å². The van der Waals surface area contributed by atoms with Crippen molar-refractivity contribution >= 4 is 11.8 Å². The molecule has 0 aliphatic carbocycles. The zero-order valence-corrected chi connectivity index (χ0v) is 15.9. The van der Waals surface area contributed by atoms with Crippen molar-refractivity contribution in [2.45, 2.75) is 38.2 Å². The summed E-state index contributed by atoms with van der Waals surface area (Å²) in [6, 6.07) is 7.48. The van der Waals surface area contributed by atoms with Crippen molar-refractivity contribution in [3.8, 4) is 6.07 Å². The van der Waals surface area contributed by atoms with Gasteiger partial charge in [-0.25, -0.2) is 4.79 Å². The van der Waals surface area contributed by atoms with E-state index in [0.717, 1.165) is 11.4 Å². The fourth-order valence-corrected chi connectivity index (χ4v) is 2.98. The molecule has 0 unspecified atom stereocenters. The molecule has 3 rings (SSSR count). The van der Waals surface area contributed by atoms with E-state index in [1.165, 1.54) is 0 Å². The van der Waals surface area contributed by atoms with E-state index < -0.39 is 11.7 Å². The monoisotopic (exact) mass is 369 g/mol. The highest BCUT2D eigenvalue weighted by molar-refractivity contribution is 5.85. The van der Waals surface area contributed by atoms with Gasteiger partial charge in [-0.1, -0.05) is 0 Å². The van der Waals surface area contributed by atoms with E-state index in [2.05, 4.69) is 21.6 Å². The molecular formula is C19H23N5O3. The van der Waals surface area contributed by atoms with E-state index in [1.807, 2.05) is 23.7 Å². The number of nitriles is 1. The highest BCUT2D eigenvalue weighted by atomic mass is 16.6. The molecule has 0 bridgehead atoms. The number of anilines is 1. The van der Waals surface area contributed by atoms with Crippen molar-refractivity contribution in [2.75, 3.05) is 18.5 Å². The van der Waals surface area contributed by atoms with Gasteiger partial charge in [-0.2, -0.15) is 5.26 Å². The second-order valence-electron chi connectivity index (χ2n) is 7.85. The second-order valence-corrected chi connectivity index (χ2v) is 7.85. The van der Waals surface area contributed by atoms with Crippen LogP contribution in [0.25, 0.3) is 0 Å². The predicted octanol–water partition coefficient (Wildman–Crippen LogP) is 2.54. The van der Waals surface area contributed by atoms with Crippen LogP contribution in [0.15, 0.2) is 24.5 Å². The fourth-order valence-electron chi connectivity index (χ4n) is 2.98. The number of hydrogen-bond acceptors (Lipinski definition) is 6. The third-order valence-electron chi connectivity index (χ3n) is 4.38. The highest BCUT2D eigenvalue weighted by Crippen LogP contribution is 2.37. The summed E-state index contributed by atoms with van der Waals surface area (Å²) in [4.78, 5) is 12.1. The molecule has 1 aliphatic rings. The molecule has 8 heteroatoms. The van der Waals surface area contributed by atoms with Crippen molar-refractivity contribution < 1.29 is 14.3 Å². The molecule has 2 heterocycles. The Bertz CT molecular complexity index is 887. The van der Waals surface area contributed by atoms with Crippen LogP contribution in [0, 0.1) is 11.3 Å². The minimum absolute atomic E-state index is 0.308. The number of carbonyl (C=O) groups excluding carboxylic acids is 1. The molecule has 27 heavy (non-hydrogen) atoms. The topological polar surface area (TPSA) is 102 Å². The van der Waals surface area contributed by atoms with Crippen LogP contribution < -0.4 is 5.32 Å². The van der Waals surface area contributed by atoms with Gasteiger partial charge in [0.1, 0.15) is 17.8 Å². The number of amides is 1. The maximum Gasteiger partial charge on any atom is 0.412 e. The number of hydrogen-bond donors (Lipinski definition) is 1. The van der Waals surface area contributed by atoms with Crippen molar-refractivity contribution in [1.29, 1.82) is 5.26 Å². The molecule has 1 N–H and O–H groups in total. The summed E-state index contributed by atoms with van der Waals surface area (Å²) in [5.74, 6) is 0.835. The van der Waals surface area contributed by atoms with E-state index in [0.29, 0.717) is 30.9 Å². The maximum atomic E-state index is 12.1. The first-order chi connectivity index (χ1) is 12.7. The second kappa shape index (κ2) is 7.00. The van der Waals surface area contributed by atoms with Crippen LogP contribution in [0.3, 0.4) is 0 Å². The first-order valence-electron chi connectivity index (χ1n) is 8.67. The Balaban J connectivity index is 1.89. The van der Waals surface area contributed by atoms with Gasteiger partial charge in [0.2, 0.25) is 0 Å². The Morgan fingerprint density at radius 1 is 1.41 bits per heavy atom. The largest absolute Gasteiger partial charge is 0.444 e. The van der Waals surface area contributed by atoms with E-state index in [4.69, 9.17) is 9.47 Å². The minimum atomic E-state index is -0.603. The Labute approximate surface area is 158 Å². The molecule has 0 saturated carbocycles. The Morgan fingerprint density at radius 2 is 2.15 bits per heavy atom. The van der Waals surface area contributed by atoms with Crippen LogP contribution in [-0.2, 0) is 28.4 Å². The summed E-state index contributed by atoms with van der Waals surface area (Å²) in [6.45, 7) is 6.42. The van der Waals surface area contributed by atoms with Crippen molar-refractivity contribution in [2.24, 2.45) is 7.05 Å². The van der Waals surface area contributed by atoms with Crippen LogP contribution in [0.4, 0.5) is 10.5 Å². The fraction of sp³-hybridized carbons (Fsp3) is 0.474. The number of ether oxygens (including phenoxy) is 2. The maximum absolute atomic E-state index is 12.1. The average Bonchev–Trinajstić information content (AvgIpc) is 2.93. The number of nitrogens with zero attached hydrogens (tertiary/aromatic N) is 4. The molecule has 2 aromatic rings. The molecule has 0 radical (unpaired) electrons. The quantitative estimate of drug-likeness (QED) is 0.888. The molecule has 8 nitrogen and oxygen atoms in total. The van der Waals surface area contributed by atoms with Crippen LogP contribution in [0.2, 0.25) is 0 Å². The lowest BCUT2D eigenvalue weighted by Gasteiger charge is -2.42. The molecule has 1 aromatic carbocycles. The molecule has 142 valence electrons. The van der Waals surface area contributed by atoms with Gasteiger partial charge in [0.15, 0.2) is 0 Å². The lowest BCUT2D eigenvalue weighted by Crippen LogP contribution is -2.49. The molecule has 0 atom stereocenters. The number of rotatable bonds is 4. The summed E-state index contributed by atoms with van der Waals surface area (Å²) in [5, 5.41) is 20.2. The number of aryl methyl sites for hydroxylation is 1. The number of aromatic nitrogens is 3. The van der Waals surface area contributed by atoms with E-state index in [1.54, 1.807) is 33.2 Å². The Kier molecular flexibility index (Phi) is 4.89. The Hall–Kier alpha value is -2.92. The number of benzene rings is 1. The molecule has 1 aromatic heterocycles. The average molecular weight is 369 g/mol. The zero-order chi connectivity index (χ0) is 19.7. The van der Waals surface area contributed by atoms with Crippen molar-refractivity contribution in [3.05, 3.63) is 41.5 Å². The molecule has 1 saturated heterocycles. The van der Waals surface area contributed by atoms with Crippen LogP contribution in [0.1, 0.15) is 37.7 Å². The normalized spacial score (nSPS) is 15.5. The molecular weight excluding hydrogens is 346 g/mol. The SMILES string of the molecule is Cn1cnnc1CC1(c2cc(C#N)cc(NC(=O)OC(C)(C)C)c2)COC1. The number of carbonyl (C=O) groups is 1. The predicted molar refractivity (Wildman–Crippen MR) is 98.2 cm³/mol. The van der Waals surface area contributed by atoms with Gasteiger partial charge >= 0.3 is 6.09 Å². The summed E-state index contributed by atoms with van der Waals surface area (Å²) >= 11 is 0. The van der Waals surface area contributed by atoms with Crippen LogP contribution in [-0.4, -0.2) is 39.7 Å². The molecule has 1 amide bonds. The first-order valence-corrected chi connectivity index (χ1v) is 8.67. The van der Waals surface area contributed by atoms with E-state index in [-0.39, 0.29) is 5.41 Å². The third kappa shape index (κ3) is 4.26. The van der Waals surface area contributed by atoms with Gasteiger partial charge in [0.25, 0.3) is 0 Å². The molecule has 1 aliphatic heterocycles. The third-order valence-corrected chi connectivity index (χ3v) is 4.38. The summed E-state index contributed by atoms with van der Waals surface area (Å²) in [5.41, 5.74) is 0.985. The standard InChI is InChI=1S/C19H23N5O3/c1-18(2,3)27-17(25)22-15-6-13(9-20)5-14(7-15)19(10-26-11-19)8-16-23-21-12-24(16)4/h5-7,12H,8,10-11H2,1-4H3,(H,22,25). The molecule has 0 spiro atoms. The van der Waals surface area contributed by atoms with E-state index >= 15 is 0 Å². The lowest BCUT2D eigenvalue weighted by atomic mass is 9.75. The summed E-state index contributed by atoms with van der Waals surface area (Å²) < 4.78 is 12.7. The van der Waals surface area contributed by atoms with Crippen molar-refractivity contribution in [3.63, 3.8) is 0 Å². The number of nitrogens with one attached hydrogen (secondary N) is 1. The lowest BCUT2D eigenvalue weighted by molar-refractivity contribution is -0.0611. The summed E-state index contributed by atoms with van der Waals surface area (Å²) in [6.07, 6.45) is 1.73. The Morgan fingerprint density at radius 3 is 2.67 bits per heavy atom. The van der Waals surface area contributed by atoms with Crippen LogP contribution in [0.5, 0.6) is 0 Å². The summed E-state index contributed by atoms with van der Waals surface area (Å²) in [7, 11) is 1.89. The minimum Gasteiger partial charge on any atom is -0.444 e. The van der Waals surface area contributed by atoms with Gasteiger partial charge in [0, 0.05) is 24.6 Å². The first kappa shape index (κ1) is 18.9. The highest BCUT2D eigenvalue weighted by Gasteiger charge is 2.42. The van der Waals surface area contributed by atoms with Gasteiger partial charge in [-0.3, -0.25) is 5.32 Å². The van der Waals surface area contributed by atoms with Gasteiger partial charge < -0.3 is 14.0 Å². The van der Waals surface area contributed by atoms with Crippen LogP contribution >= 0.6 is 0 Å². The van der Waals surface area contributed by atoms with Gasteiger partial charge in [-0.15, -0.1) is 10.2 Å². The van der Waals surface area contributed by atoms with Gasteiger partial charge in [-0.05, 0) is 44.5 Å².